The molecule has 5 rings (SSSR count). The molecule has 13 heteroatoms. The third-order valence-electron chi connectivity index (χ3n) is 5.52. The molecule has 3 aromatic rings. The predicted octanol–water partition coefficient (Wildman–Crippen LogP) is 1.84. The molecule has 1 saturated carbocycles. The third-order valence-corrected chi connectivity index (χ3v) is 7.10. The Morgan fingerprint density at radius 1 is 1.13 bits per heavy atom. The Labute approximate surface area is 181 Å². The average Bonchev–Trinajstić information content (AvgIpc) is 3.33. The molecule has 0 spiro atoms. The Bertz CT molecular complexity index is 1220. The molecule has 1 aliphatic carbocycles. The molecule has 2 fully saturated rings. The van der Waals surface area contributed by atoms with E-state index in [9.17, 15) is 22.0 Å². The zero-order valence-corrected chi connectivity index (χ0v) is 17.9. The van der Waals surface area contributed by atoms with Gasteiger partial charge in [0.05, 0.1) is 16.6 Å². The lowest BCUT2D eigenvalue weighted by Gasteiger charge is -2.36. The first-order chi connectivity index (χ1) is 14.9. The van der Waals surface area contributed by atoms with Gasteiger partial charge in [-0.3, -0.25) is 4.79 Å². The molecule has 1 amide bonds. The van der Waals surface area contributed by atoms with Crippen LogP contribution in [0.2, 0.25) is 0 Å². The van der Waals surface area contributed by atoms with Crippen molar-refractivity contribution in [1.29, 1.82) is 0 Å². The van der Waals surface area contributed by atoms with Crippen LogP contribution in [0.5, 0.6) is 0 Å². The van der Waals surface area contributed by atoms with Gasteiger partial charge in [-0.1, -0.05) is 11.3 Å². The second kappa shape index (κ2) is 7.79. The second-order valence-corrected chi connectivity index (χ2v) is 9.54. The van der Waals surface area contributed by atoms with Crippen LogP contribution in [0.15, 0.2) is 23.2 Å². The number of anilines is 1. The molecule has 0 N–H and O–H groups in total. The van der Waals surface area contributed by atoms with Crippen molar-refractivity contribution in [3.63, 3.8) is 0 Å². The second-order valence-electron chi connectivity index (χ2n) is 7.52. The largest absolute Gasteiger partial charge is 0.367 e. The van der Waals surface area contributed by atoms with Gasteiger partial charge in [-0.15, -0.1) is 10.2 Å². The standard InChI is InChI=1S/C18H18F2N6O3S2/c19-15(20)16-22-23-18(30-16)26-14-8-11(31(28)29)7-13(12(14)9-21-26)24-3-5-25(6-4-24)17(27)10-1-2-10/h7-10,15,31H,1-6H2. The molecule has 3 heterocycles. The van der Waals surface area contributed by atoms with Crippen LogP contribution in [-0.2, 0) is 15.5 Å². The highest BCUT2D eigenvalue weighted by molar-refractivity contribution is 7.72. The zero-order chi connectivity index (χ0) is 21.7. The Hall–Kier alpha value is -2.67. The van der Waals surface area contributed by atoms with E-state index >= 15 is 0 Å². The summed E-state index contributed by atoms with van der Waals surface area (Å²) in [5, 5.41) is 11.9. The van der Waals surface area contributed by atoms with E-state index in [1.165, 1.54) is 10.7 Å². The van der Waals surface area contributed by atoms with Crippen molar-refractivity contribution in [3.8, 4) is 5.13 Å². The molecule has 0 atom stereocenters. The molecular formula is C18H18F2N6O3S2. The predicted molar refractivity (Wildman–Crippen MR) is 110 cm³/mol. The molecule has 164 valence electrons. The fraction of sp³-hybridized carbons (Fsp3) is 0.444. The van der Waals surface area contributed by atoms with Gasteiger partial charge in [0.1, 0.15) is 0 Å². The molecule has 2 aliphatic rings. The van der Waals surface area contributed by atoms with Gasteiger partial charge < -0.3 is 9.80 Å². The Kier molecular flexibility index (Phi) is 5.08. The molecule has 0 radical (unpaired) electrons. The van der Waals surface area contributed by atoms with E-state index in [0.717, 1.165) is 12.8 Å². The van der Waals surface area contributed by atoms with Crippen molar-refractivity contribution in [2.24, 2.45) is 5.92 Å². The lowest BCUT2D eigenvalue weighted by atomic mass is 10.1. The van der Waals surface area contributed by atoms with Crippen LogP contribution in [0.4, 0.5) is 14.5 Å². The maximum absolute atomic E-state index is 12.9. The van der Waals surface area contributed by atoms with E-state index in [1.807, 2.05) is 9.80 Å². The highest BCUT2D eigenvalue weighted by Gasteiger charge is 2.35. The minimum absolute atomic E-state index is 0.0920. The molecule has 31 heavy (non-hydrogen) atoms. The summed E-state index contributed by atoms with van der Waals surface area (Å²) in [5.74, 6) is 0.356. The van der Waals surface area contributed by atoms with Crippen molar-refractivity contribution in [2.75, 3.05) is 31.1 Å². The summed E-state index contributed by atoms with van der Waals surface area (Å²) in [6.07, 6.45) is 0.731. The van der Waals surface area contributed by atoms with Crippen molar-refractivity contribution >= 4 is 44.5 Å². The molecule has 0 bridgehead atoms. The van der Waals surface area contributed by atoms with Crippen molar-refractivity contribution in [2.45, 2.75) is 24.2 Å². The van der Waals surface area contributed by atoms with E-state index in [1.54, 1.807) is 12.3 Å². The van der Waals surface area contributed by atoms with Crippen LogP contribution in [-0.4, -0.2) is 65.4 Å². The number of nitrogens with zero attached hydrogens (tertiary/aromatic N) is 6. The number of rotatable bonds is 5. The maximum atomic E-state index is 12.9. The number of aromatic nitrogens is 4. The number of fused-ring (bicyclic) bond motifs is 1. The first-order valence-electron chi connectivity index (χ1n) is 9.74. The number of carbonyl (C=O) groups excluding carboxylic acids is 1. The smallest absolute Gasteiger partial charge is 0.291 e. The molecule has 2 aromatic heterocycles. The topological polar surface area (TPSA) is 101 Å². The SMILES string of the molecule is O=C(C1CC1)N1CCN(c2cc([SH](=O)=O)cc3c2cnn3-c2nnc(C(F)F)s2)CC1. The van der Waals surface area contributed by atoms with Crippen LogP contribution in [0.1, 0.15) is 24.3 Å². The Balaban J connectivity index is 1.50. The molecular weight excluding hydrogens is 450 g/mol. The summed E-state index contributed by atoms with van der Waals surface area (Å²) in [7, 11) is -2.88. The third kappa shape index (κ3) is 3.76. The van der Waals surface area contributed by atoms with Gasteiger partial charge in [-0.2, -0.15) is 5.10 Å². The van der Waals surface area contributed by atoms with Gasteiger partial charge >= 0.3 is 0 Å². The first kappa shape index (κ1) is 20.2. The average molecular weight is 469 g/mol. The fourth-order valence-electron chi connectivity index (χ4n) is 3.77. The van der Waals surface area contributed by atoms with Gasteiger partial charge in [-0.25, -0.2) is 21.9 Å². The van der Waals surface area contributed by atoms with Crippen molar-refractivity contribution in [3.05, 3.63) is 23.3 Å². The quantitative estimate of drug-likeness (QED) is 0.570. The lowest BCUT2D eigenvalue weighted by molar-refractivity contribution is -0.132. The molecule has 1 aliphatic heterocycles. The van der Waals surface area contributed by atoms with Crippen LogP contribution < -0.4 is 4.90 Å². The number of carbonyl (C=O) groups is 1. The van der Waals surface area contributed by atoms with Crippen LogP contribution in [0.25, 0.3) is 16.0 Å². The van der Waals surface area contributed by atoms with Crippen LogP contribution in [0.3, 0.4) is 0 Å². The van der Waals surface area contributed by atoms with E-state index in [4.69, 9.17) is 0 Å². The number of halogens is 2. The summed E-state index contributed by atoms with van der Waals surface area (Å²) in [5.41, 5.74) is 1.12. The number of amides is 1. The first-order valence-corrected chi connectivity index (χ1v) is 11.7. The van der Waals surface area contributed by atoms with Gasteiger partial charge in [0, 0.05) is 43.2 Å². The number of piperazine rings is 1. The van der Waals surface area contributed by atoms with Crippen molar-refractivity contribution in [1.82, 2.24) is 24.9 Å². The maximum Gasteiger partial charge on any atom is 0.291 e. The number of thiol groups is 1. The number of hydrogen-bond donors (Lipinski definition) is 1. The summed E-state index contributed by atoms with van der Waals surface area (Å²) < 4.78 is 50.7. The number of hydrogen-bond acceptors (Lipinski definition) is 8. The minimum atomic E-state index is -2.88. The van der Waals surface area contributed by atoms with Gasteiger partial charge in [0.15, 0.2) is 15.7 Å². The number of alkyl halides is 2. The summed E-state index contributed by atoms with van der Waals surface area (Å²) >= 11 is 0.701. The minimum Gasteiger partial charge on any atom is -0.367 e. The Morgan fingerprint density at radius 3 is 2.48 bits per heavy atom. The van der Waals surface area contributed by atoms with E-state index in [-0.39, 0.29) is 21.9 Å². The zero-order valence-electron chi connectivity index (χ0n) is 16.1. The summed E-state index contributed by atoms with van der Waals surface area (Å²) in [6, 6.07) is 3.04. The van der Waals surface area contributed by atoms with Gasteiger partial charge in [0.25, 0.3) is 6.43 Å². The summed E-state index contributed by atoms with van der Waals surface area (Å²) in [6.45, 7) is 2.25. The van der Waals surface area contributed by atoms with Gasteiger partial charge in [0.2, 0.25) is 11.0 Å². The highest BCUT2D eigenvalue weighted by Crippen LogP contribution is 2.34. The molecule has 0 unspecified atom stereocenters. The fourth-order valence-corrected chi connectivity index (χ4v) is 4.90. The van der Waals surface area contributed by atoms with Crippen LogP contribution >= 0.6 is 11.3 Å². The molecule has 1 aromatic carbocycles. The Morgan fingerprint density at radius 2 is 1.87 bits per heavy atom. The van der Waals surface area contributed by atoms with E-state index < -0.39 is 22.1 Å². The van der Waals surface area contributed by atoms with E-state index in [2.05, 4.69) is 15.3 Å². The monoisotopic (exact) mass is 468 g/mol. The highest BCUT2D eigenvalue weighted by atomic mass is 32.2. The normalized spacial score (nSPS) is 17.3. The molecule has 1 saturated heterocycles. The van der Waals surface area contributed by atoms with Crippen molar-refractivity contribution < 1.29 is 22.0 Å². The van der Waals surface area contributed by atoms with Gasteiger partial charge in [-0.05, 0) is 25.0 Å². The van der Waals surface area contributed by atoms with Crippen LogP contribution in [0, 0.1) is 5.92 Å². The van der Waals surface area contributed by atoms with E-state index in [0.29, 0.717) is 54.1 Å². The summed E-state index contributed by atoms with van der Waals surface area (Å²) in [4.78, 5) is 16.3. The number of benzene rings is 1. The molecule has 9 nitrogen and oxygen atoms in total. The lowest BCUT2D eigenvalue weighted by Crippen LogP contribution is -2.49.